The molecule has 0 saturated carbocycles. The highest BCUT2D eigenvalue weighted by Gasteiger charge is 2.31. The summed E-state index contributed by atoms with van der Waals surface area (Å²) in [6, 6.07) is 1.54. The van der Waals surface area contributed by atoms with Crippen LogP contribution >= 0.6 is 0 Å². The molecule has 13 heavy (non-hydrogen) atoms. The van der Waals surface area contributed by atoms with E-state index >= 15 is 0 Å². The number of carbonyl (C=O) groups is 1. The molecule has 1 aliphatic heterocycles. The van der Waals surface area contributed by atoms with Crippen LogP contribution in [0, 0.1) is 17.2 Å². The summed E-state index contributed by atoms with van der Waals surface area (Å²) in [5.41, 5.74) is 0. The van der Waals surface area contributed by atoms with Crippen LogP contribution < -0.4 is 5.32 Å². The van der Waals surface area contributed by atoms with Crippen LogP contribution in [0.4, 0.5) is 0 Å². The van der Waals surface area contributed by atoms with Gasteiger partial charge in [0, 0.05) is 6.61 Å². The number of carbonyl (C=O) groups excluding carboxylic acids is 1. The van der Waals surface area contributed by atoms with Crippen molar-refractivity contribution in [1.29, 1.82) is 5.26 Å². The van der Waals surface area contributed by atoms with Gasteiger partial charge in [0.15, 0.2) is 0 Å². The van der Waals surface area contributed by atoms with Crippen LogP contribution in [0.1, 0.15) is 20.3 Å². The van der Waals surface area contributed by atoms with Crippen molar-refractivity contribution in [3.63, 3.8) is 0 Å². The molecule has 0 bridgehead atoms. The van der Waals surface area contributed by atoms with E-state index in [1.165, 1.54) is 0 Å². The summed E-state index contributed by atoms with van der Waals surface area (Å²) >= 11 is 0. The zero-order valence-corrected chi connectivity index (χ0v) is 7.91. The Bertz CT molecular complexity index is 234. The molecule has 2 unspecified atom stereocenters. The Hall–Kier alpha value is -1.08. The van der Waals surface area contributed by atoms with Crippen molar-refractivity contribution in [3.8, 4) is 6.07 Å². The van der Waals surface area contributed by atoms with E-state index in [2.05, 4.69) is 5.32 Å². The topological polar surface area (TPSA) is 62.1 Å². The van der Waals surface area contributed by atoms with Crippen LogP contribution in [0.25, 0.3) is 0 Å². The predicted octanol–water partition coefficient (Wildman–Crippen LogP) is 0.440. The smallest absolute Gasteiger partial charge is 0.226 e. The van der Waals surface area contributed by atoms with Crippen molar-refractivity contribution in [2.45, 2.75) is 32.4 Å². The normalized spacial score (nSPS) is 29.3. The van der Waals surface area contributed by atoms with Crippen molar-refractivity contribution >= 4 is 5.91 Å². The first kappa shape index (κ1) is 10.0. The highest BCUT2D eigenvalue weighted by atomic mass is 16.5. The van der Waals surface area contributed by atoms with E-state index in [-0.39, 0.29) is 17.9 Å². The molecule has 0 aromatic carbocycles. The third-order valence-electron chi connectivity index (χ3n) is 2.27. The number of amides is 1. The Morgan fingerprint density at radius 1 is 1.77 bits per heavy atom. The molecule has 1 rings (SSSR count). The van der Waals surface area contributed by atoms with E-state index in [0.717, 1.165) is 6.42 Å². The van der Waals surface area contributed by atoms with E-state index in [1.54, 1.807) is 6.92 Å². The first-order valence-electron chi connectivity index (χ1n) is 4.46. The zero-order valence-electron chi connectivity index (χ0n) is 7.91. The number of nitrogens with one attached hydrogen (secondary N) is 1. The van der Waals surface area contributed by atoms with Crippen molar-refractivity contribution in [2.75, 3.05) is 6.61 Å². The third kappa shape index (κ3) is 2.43. The summed E-state index contributed by atoms with van der Waals surface area (Å²) < 4.78 is 5.26. The monoisotopic (exact) mass is 182 g/mol. The standard InChI is InChI=1S/C9H14N2O2/c1-6(5-10)11-9(12)8-3-4-13-7(8)2/h6-8H,3-4H2,1-2H3,(H,11,12)/t6-,7?,8?/m0/s1. The van der Waals surface area contributed by atoms with Gasteiger partial charge in [-0.3, -0.25) is 4.79 Å². The second-order valence-electron chi connectivity index (χ2n) is 3.33. The fourth-order valence-corrected chi connectivity index (χ4v) is 1.43. The minimum Gasteiger partial charge on any atom is -0.378 e. The van der Waals surface area contributed by atoms with Crippen molar-refractivity contribution < 1.29 is 9.53 Å². The van der Waals surface area contributed by atoms with Crippen LogP contribution in [0.2, 0.25) is 0 Å². The number of ether oxygens (including phenoxy) is 1. The highest BCUT2D eigenvalue weighted by molar-refractivity contribution is 5.80. The minimum absolute atomic E-state index is 0.0223. The lowest BCUT2D eigenvalue weighted by atomic mass is 10.0. The van der Waals surface area contributed by atoms with Crippen molar-refractivity contribution in [3.05, 3.63) is 0 Å². The molecule has 1 fully saturated rings. The molecule has 1 saturated heterocycles. The van der Waals surface area contributed by atoms with Gasteiger partial charge in [-0.15, -0.1) is 0 Å². The average Bonchev–Trinajstić information content (AvgIpc) is 2.51. The number of hydrogen-bond acceptors (Lipinski definition) is 3. The average molecular weight is 182 g/mol. The Labute approximate surface area is 77.9 Å². The lowest BCUT2D eigenvalue weighted by Gasteiger charge is -2.14. The van der Waals surface area contributed by atoms with Gasteiger partial charge in [0.25, 0.3) is 0 Å². The van der Waals surface area contributed by atoms with Crippen molar-refractivity contribution in [1.82, 2.24) is 5.32 Å². The summed E-state index contributed by atoms with van der Waals surface area (Å²) in [5.74, 6) is -0.158. The van der Waals surface area contributed by atoms with Gasteiger partial charge in [0.05, 0.1) is 18.1 Å². The van der Waals surface area contributed by atoms with Crippen LogP contribution in [0.5, 0.6) is 0 Å². The van der Waals surface area contributed by atoms with Crippen LogP contribution in [-0.4, -0.2) is 24.7 Å². The number of nitriles is 1. The molecule has 1 aliphatic rings. The third-order valence-corrected chi connectivity index (χ3v) is 2.27. The number of hydrogen-bond donors (Lipinski definition) is 1. The molecule has 0 spiro atoms. The molecule has 4 heteroatoms. The van der Waals surface area contributed by atoms with Gasteiger partial charge in [-0.1, -0.05) is 0 Å². The van der Waals surface area contributed by atoms with Gasteiger partial charge in [0.1, 0.15) is 6.04 Å². The molecule has 0 aromatic rings. The molecule has 0 aliphatic carbocycles. The first-order valence-corrected chi connectivity index (χ1v) is 4.46. The summed E-state index contributed by atoms with van der Waals surface area (Å²) in [6.45, 7) is 4.19. The molecule has 0 aromatic heterocycles. The molecule has 1 N–H and O–H groups in total. The Balaban J connectivity index is 2.44. The van der Waals surface area contributed by atoms with E-state index in [9.17, 15) is 4.79 Å². The quantitative estimate of drug-likeness (QED) is 0.674. The van der Waals surface area contributed by atoms with E-state index in [4.69, 9.17) is 10.00 Å². The fourth-order valence-electron chi connectivity index (χ4n) is 1.43. The van der Waals surface area contributed by atoms with Gasteiger partial charge in [-0.25, -0.2) is 0 Å². The SMILES string of the molecule is CC1OCCC1C(=O)N[C@@H](C)C#N. The van der Waals surface area contributed by atoms with Crippen LogP contribution in [-0.2, 0) is 9.53 Å². The molecule has 1 amide bonds. The predicted molar refractivity (Wildman–Crippen MR) is 46.7 cm³/mol. The number of nitrogens with zero attached hydrogens (tertiary/aromatic N) is 1. The van der Waals surface area contributed by atoms with E-state index in [0.29, 0.717) is 6.61 Å². The van der Waals surface area contributed by atoms with Crippen LogP contribution in [0.3, 0.4) is 0 Å². The molecular formula is C9H14N2O2. The molecule has 72 valence electrons. The summed E-state index contributed by atoms with van der Waals surface area (Å²) in [5, 5.41) is 11.1. The Kier molecular flexibility index (Phi) is 3.26. The lowest BCUT2D eigenvalue weighted by molar-refractivity contribution is -0.126. The largest absolute Gasteiger partial charge is 0.378 e. The maximum atomic E-state index is 11.5. The van der Waals surface area contributed by atoms with Gasteiger partial charge in [-0.2, -0.15) is 5.26 Å². The van der Waals surface area contributed by atoms with Gasteiger partial charge in [-0.05, 0) is 20.3 Å². The Morgan fingerprint density at radius 2 is 2.46 bits per heavy atom. The second-order valence-corrected chi connectivity index (χ2v) is 3.33. The van der Waals surface area contributed by atoms with Gasteiger partial charge >= 0.3 is 0 Å². The first-order chi connectivity index (χ1) is 6.15. The Morgan fingerprint density at radius 3 is 2.92 bits per heavy atom. The zero-order chi connectivity index (χ0) is 9.84. The van der Waals surface area contributed by atoms with Gasteiger partial charge in [0.2, 0.25) is 5.91 Å². The lowest BCUT2D eigenvalue weighted by Crippen LogP contribution is -2.38. The molecular weight excluding hydrogens is 168 g/mol. The molecule has 0 radical (unpaired) electrons. The maximum absolute atomic E-state index is 11.5. The van der Waals surface area contributed by atoms with E-state index < -0.39 is 6.04 Å². The maximum Gasteiger partial charge on any atom is 0.226 e. The molecule has 3 atom stereocenters. The number of rotatable bonds is 2. The molecule has 1 heterocycles. The van der Waals surface area contributed by atoms with E-state index in [1.807, 2.05) is 13.0 Å². The van der Waals surface area contributed by atoms with Gasteiger partial charge < -0.3 is 10.1 Å². The summed E-state index contributed by atoms with van der Waals surface area (Å²) in [4.78, 5) is 11.5. The summed E-state index contributed by atoms with van der Waals surface area (Å²) in [7, 11) is 0. The summed E-state index contributed by atoms with van der Waals surface area (Å²) in [6.07, 6.45) is 0.733. The molecule has 4 nitrogen and oxygen atoms in total. The fraction of sp³-hybridized carbons (Fsp3) is 0.778. The second kappa shape index (κ2) is 4.24. The van der Waals surface area contributed by atoms with Crippen LogP contribution in [0.15, 0.2) is 0 Å². The highest BCUT2D eigenvalue weighted by Crippen LogP contribution is 2.20. The van der Waals surface area contributed by atoms with Crippen molar-refractivity contribution in [2.24, 2.45) is 5.92 Å². The minimum atomic E-state index is -0.416.